The number of aromatic nitrogens is 3. The lowest BCUT2D eigenvalue weighted by Crippen LogP contribution is -2.33. The van der Waals surface area contributed by atoms with Crippen LogP contribution in [0.5, 0.6) is 5.75 Å². The first-order chi connectivity index (χ1) is 13.6. The number of benzene rings is 1. The molecule has 4 rings (SSSR count). The van der Waals surface area contributed by atoms with E-state index in [1.54, 1.807) is 0 Å². The van der Waals surface area contributed by atoms with Crippen molar-refractivity contribution in [2.45, 2.75) is 18.9 Å². The highest BCUT2D eigenvalue weighted by atomic mass is 16.5. The maximum Gasteiger partial charge on any atom is 0.297 e. The molecule has 1 atom stereocenters. The van der Waals surface area contributed by atoms with E-state index < -0.39 is 17.2 Å². The Bertz CT molecular complexity index is 1050. The number of hydrogen-bond acceptors (Lipinski definition) is 7. The number of carbonyl (C=O) groups is 1. The van der Waals surface area contributed by atoms with Crippen LogP contribution in [0.3, 0.4) is 0 Å². The van der Waals surface area contributed by atoms with Crippen molar-refractivity contribution < 1.29 is 14.4 Å². The third-order valence-corrected chi connectivity index (χ3v) is 4.84. The number of hydrogen-bond donors (Lipinski definition) is 2. The molecule has 0 unspecified atom stereocenters. The van der Waals surface area contributed by atoms with Gasteiger partial charge in [0, 0.05) is 13.6 Å². The summed E-state index contributed by atoms with van der Waals surface area (Å²) in [5.74, 6) is -1.07. The molecule has 144 valence electrons. The predicted molar refractivity (Wildman–Crippen MR) is 101 cm³/mol. The minimum Gasteiger partial charge on any atom is -0.501 e. The van der Waals surface area contributed by atoms with Crippen LogP contribution in [-0.4, -0.2) is 32.3 Å². The molecule has 0 spiro atoms. The fourth-order valence-corrected chi connectivity index (χ4v) is 3.48. The highest BCUT2D eigenvalue weighted by Crippen LogP contribution is 2.35. The summed E-state index contributed by atoms with van der Waals surface area (Å²) in [6, 6.07) is 9.98. The molecule has 2 aromatic heterocycles. The van der Waals surface area contributed by atoms with Gasteiger partial charge in [0.15, 0.2) is 5.69 Å². The van der Waals surface area contributed by atoms with Crippen molar-refractivity contribution in [1.29, 1.82) is 0 Å². The van der Waals surface area contributed by atoms with E-state index in [1.807, 2.05) is 35.2 Å². The summed E-state index contributed by atoms with van der Waals surface area (Å²) in [5, 5.41) is 16.2. The summed E-state index contributed by atoms with van der Waals surface area (Å²) in [7, 11) is 1.53. The zero-order chi connectivity index (χ0) is 19.7. The van der Waals surface area contributed by atoms with Gasteiger partial charge >= 0.3 is 0 Å². The number of nitrogens with one attached hydrogen (secondary N) is 1. The van der Waals surface area contributed by atoms with Gasteiger partial charge in [0.05, 0.1) is 12.2 Å². The Morgan fingerprint density at radius 1 is 1.32 bits per heavy atom. The average Bonchev–Trinajstić information content (AvgIpc) is 3.39. The molecule has 9 nitrogen and oxygen atoms in total. The molecule has 1 aromatic carbocycles. The van der Waals surface area contributed by atoms with Gasteiger partial charge in [-0.1, -0.05) is 35.5 Å². The van der Waals surface area contributed by atoms with Gasteiger partial charge in [-0.05, 0) is 18.4 Å². The lowest BCUT2D eigenvalue weighted by atomic mass is 10.1. The Labute approximate surface area is 160 Å². The average molecular weight is 381 g/mol. The van der Waals surface area contributed by atoms with Crippen LogP contribution < -0.4 is 15.8 Å². The van der Waals surface area contributed by atoms with Crippen LogP contribution in [0.15, 0.2) is 52.1 Å². The van der Waals surface area contributed by atoms with E-state index in [2.05, 4.69) is 20.0 Å². The topological polar surface area (TPSA) is 113 Å². The van der Waals surface area contributed by atoms with Gasteiger partial charge in [0.1, 0.15) is 12.0 Å². The highest BCUT2D eigenvalue weighted by molar-refractivity contribution is 6.04. The van der Waals surface area contributed by atoms with Gasteiger partial charge < -0.3 is 19.8 Å². The van der Waals surface area contributed by atoms with Crippen molar-refractivity contribution in [3.63, 3.8) is 0 Å². The second-order valence-electron chi connectivity index (χ2n) is 6.60. The van der Waals surface area contributed by atoms with E-state index in [1.165, 1.54) is 24.1 Å². The van der Waals surface area contributed by atoms with Crippen molar-refractivity contribution in [1.82, 2.24) is 14.7 Å². The summed E-state index contributed by atoms with van der Waals surface area (Å²) in [6.45, 7) is 0.692. The lowest BCUT2D eigenvalue weighted by Gasteiger charge is -2.27. The Kier molecular flexibility index (Phi) is 4.56. The number of aromatic hydroxyl groups is 1. The summed E-state index contributed by atoms with van der Waals surface area (Å²) >= 11 is 0. The number of rotatable bonds is 4. The van der Waals surface area contributed by atoms with Crippen LogP contribution in [-0.2, 0) is 7.05 Å². The molecule has 0 radical (unpaired) electrons. The standard InChI is InChI=1S/C19H19N5O4/c1-23-18(27)16(25)15(17(26)21-13-10-20-28-11-13)22-19(23)24-9-5-8-14(24)12-6-3-2-4-7-12/h2-4,6-7,10-11,14,25H,5,8-9H2,1H3,(H,21,26)/t14-/m0/s1. The number of nitrogens with zero attached hydrogens (tertiary/aromatic N) is 4. The quantitative estimate of drug-likeness (QED) is 0.711. The largest absolute Gasteiger partial charge is 0.501 e. The molecule has 1 saturated heterocycles. The minimum absolute atomic E-state index is 0.0397. The fraction of sp³-hybridized carbons (Fsp3) is 0.263. The molecule has 0 aliphatic carbocycles. The first-order valence-electron chi connectivity index (χ1n) is 8.88. The van der Waals surface area contributed by atoms with E-state index in [4.69, 9.17) is 0 Å². The molecule has 3 aromatic rings. The van der Waals surface area contributed by atoms with Crippen molar-refractivity contribution in [3.8, 4) is 5.75 Å². The van der Waals surface area contributed by atoms with E-state index >= 15 is 0 Å². The van der Waals surface area contributed by atoms with Crippen LogP contribution in [0.1, 0.15) is 34.9 Å². The predicted octanol–water partition coefficient (Wildman–Crippen LogP) is 2.07. The van der Waals surface area contributed by atoms with Gasteiger partial charge in [0.2, 0.25) is 11.7 Å². The van der Waals surface area contributed by atoms with Crippen LogP contribution in [0, 0.1) is 0 Å². The number of carbonyl (C=O) groups excluding carboxylic acids is 1. The Morgan fingerprint density at radius 3 is 2.82 bits per heavy atom. The summed E-state index contributed by atoms with van der Waals surface area (Å²) in [4.78, 5) is 31.4. The van der Waals surface area contributed by atoms with E-state index in [0.717, 1.165) is 18.4 Å². The molecule has 1 aliphatic heterocycles. The van der Waals surface area contributed by atoms with Gasteiger partial charge in [0.25, 0.3) is 11.5 Å². The second kappa shape index (κ2) is 7.18. The lowest BCUT2D eigenvalue weighted by molar-refractivity contribution is 0.101. The van der Waals surface area contributed by atoms with Gasteiger partial charge in [-0.2, -0.15) is 0 Å². The van der Waals surface area contributed by atoms with Crippen molar-refractivity contribution in [2.24, 2.45) is 7.05 Å². The van der Waals surface area contributed by atoms with Crippen LogP contribution in [0.4, 0.5) is 11.6 Å². The molecule has 1 fully saturated rings. The van der Waals surface area contributed by atoms with Gasteiger partial charge in [-0.3, -0.25) is 14.2 Å². The van der Waals surface area contributed by atoms with Crippen molar-refractivity contribution in [3.05, 3.63) is 64.4 Å². The van der Waals surface area contributed by atoms with Crippen molar-refractivity contribution >= 4 is 17.5 Å². The summed E-state index contributed by atoms with van der Waals surface area (Å²) in [5.41, 5.74) is 0.395. The molecule has 0 saturated carbocycles. The molecule has 28 heavy (non-hydrogen) atoms. The summed E-state index contributed by atoms with van der Waals surface area (Å²) in [6.07, 6.45) is 4.38. The maximum absolute atomic E-state index is 12.6. The molecule has 0 bridgehead atoms. The first-order valence-corrected chi connectivity index (χ1v) is 8.88. The third kappa shape index (κ3) is 3.11. The molecule has 9 heteroatoms. The number of amides is 1. The monoisotopic (exact) mass is 381 g/mol. The third-order valence-electron chi connectivity index (χ3n) is 4.84. The second-order valence-corrected chi connectivity index (χ2v) is 6.60. The summed E-state index contributed by atoms with van der Waals surface area (Å²) < 4.78 is 5.94. The molecular formula is C19H19N5O4. The Hall–Kier alpha value is -3.62. The van der Waals surface area contributed by atoms with E-state index in [9.17, 15) is 14.7 Å². The minimum atomic E-state index is -0.713. The normalized spacial score (nSPS) is 16.3. The molecule has 1 amide bonds. The van der Waals surface area contributed by atoms with Gasteiger partial charge in [-0.25, -0.2) is 4.98 Å². The SMILES string of the molecule is Cn1c(N2CCC[C@H]2c2ccccc2)nc(C(=O)Nc2cnoc2)c(O)c1=O. The first kappa shape index (κ1) is 17.8. The zero-order valence-electron chi connectivity index (χ0n) is 15.2. The van der Waals surface area contributed by atoms with Gasteiger partial charge in [-0.15, -0.1) is 0 Å². The van der Waals surface area contributed by atoms with Crippen molar-refractivity contribution in [2.75, 3.05) is 16.8 Å². The van der Waals surface area contributed by atoms with Crippen LogP contribution in [0.25, 0.3) is 0 Å². The molecule has 2 N–H and O–H groups in total. The Balaban J connectivity index is 1.74. The number of anilines is 2. The van der Waals surface area contributed by atoms with E-state index in [0.29, 0.717) is 18.2 Å². The smallest absolute Gasteiger partial charge is 0.297 e. The van der Waals surface area contributed by atoms with Crippen LogP contribution in [0.2, 0.25) is 0 Å². The maximum atomic E-state index is 12.6. The van der Waals surface area contributed by atoms with E-state index in [-0.39, 0.29) is 11.7 Å². The van der Waals surface area contributed by atoms with Crippen LogP contribution >= 0.6 is 0 Å². The molecular weight excluding hydrogens is 362 g/mol. The fourth-order valence-electron chi connectivity index (χ4n) is 3.48. The molecule has 1 aliphatic rings. The highest BCUT2D eigenvalue weighted by Gasteiger charge is 2.31. The Morgan fingerprint density at radius 2 is 2.11 bits per heavy atom. The zero-order valence-corrected chi connectivity index (χ0v) is 15.2. The molecule has 3 heterocycles.